The van der Waals surface area contributed by atoms with Crippen molar-refractivity contribution in [3.63, 3.8) is 0 Å². The Morgan fingerprint density at radius 1 is 1.50 bits per heavy atom. The van der Waals surface area contributed by atoms with E-state index in [0.29, 0.717) is 39.6 Å². The molecule has 0 spiro atoms. The third-order valence-electron chi connectivity index (χ3n) is 2.87. The Balaban J connectivity index is 2.42. The van der Waals surface area contributed by atoms with Gasteiger partial charge in [0, 0.05) is 19.7 Å². The Morgan fingerprint density at radius 2 is 2.22 bits per heavy atom. The number of nitrogens with one attached hydrogen (secondary N) is 1. The molecule has 0 aromatic heterocycles. The van der Waals surface area contributed by atoms with E-state index in [4.69, 9.17) is 9.47 Å². The second-order valence-corrected chi connectivity index (χ2v) is 5.10. The lowest BCUT2D eigenvalue weighted by molar-refractivity contribution is -0.138. The van der Waals surface area contributed by atoms with E-state index < -0.39 is 0 Å². The van der Waals surface area contributed by atoms with Crippen LogP contribution in [0, 0.1) is 0 Å². The third kappa shape index (κ3) is 5.56. The normalized spacial score (nSPS) is 17.8. The highest BCUT2D eigenvalue weighted by atomic mass is 32.2. The Bertz CT molecular complexity index is 235. The van der Waals surface area contributed by atoms with Crippen molar-refractivity contribution in [2.45, 2.75) is 19.4 Å². The lowest BCUT2D eigenvalue weighted by Gasteiger charge is -2.30. The summed E-state index contributed by atoms with van der Waals surface area (Å²) in [6, 6.07) is -0.137. The zero-order valence-corrected chi connectivity index (χ0v) is 12.1. The van der Waals surface area contributed by atoms with Crippen molar-refractivity contribution in [3.05, 3.63) is 0 Å². The van der Waals surface area contributed by atoms with Crippen molar-refractivity contribution in [1.82, 2.24) is 10.2 Å². The number of morpholine rings is 1. The summed E-state index contributed by atoms with van der Waals surface area (Å²) in [6.07, 6.45) is 2.89. The molecule has 106 valence electrons. The zero-order chi connectivity index (χ0) is 13.2. The first-order valence-corrected chi connectivity index (χ1v) is 7.85. The fraction of sp³-hybridized carbons (Fsp3) is 0.917. The third-order valence-corrected chi connectivity index (χ3v) is 3.51. The van der Waals surface area contributed by atoms with Gasteiger partial charge in [-0.25, -0.2) is 0 Å². The highest BCUT2D eigenvalue weighted by molar-refractivity contribution is 7.98. The van der Waals surface area contributed by atoms with Crippen molar-refractivity contribution >= 4 is 17.7 Å². The summed E-state index contributed by atoms with van der Waals surface area (Å²) < 4.78 is 10.5. The first-order chi connectivity index (χ1) is 8.79. The molecule has 1 aliphatic heterocycles. The maximum atomic E-state index is 12.3. The Labute approximate surface area is 114 Å². The van der Waals surface area contributed by atoms with Crippen molar-refractivity contribution in [3.8, 4) is 0 Å². The molecule has 0 aromatic carbocycles. The maximum Gasteiger partial charge on any atom is 0.239 e. The predicted molar refractivity (Wildman–Crippen MR) is 73.8 cm³/mol. The summed E-state index contributed by atoms with van der Waals surface area (Å²) in [6.45, 7) is 5.73. The van der Waals surface area contributed by atoms with E-state index in [0.717, 1.165) is 12.2 Å². The van der Waals surface area contributed by atoms with Crippen LogP contribution >= 0.6 is 11.8 Å². The Hall–Kier alpha value is -0.300. The molecule has 1 N–H and O–H groups in total. The number of hydrogen-bond donors (Lipinski definition) is 1. The smallest absolute Gasteiger partial charge is 0.239 e. The van der Waals surface area contributed by atoms with Crippen LogP contribution in [0.2, 0.25) is 0 Å². The van der Waals surface area contributed by atoms with Gasteiger partial charge < -0.3 is 14.4 Å². The number of rotatable bonds is 8. The van der Waals surface area contributed by atoms with E-state index in [2.05, 4.69) is 11.6 Å². The number of amides is 1. The largest absolute Gasteiger partial charge is 0.378 e. The van der Waals surface area contributed by atoms with Crippen LogP contribution in [0.15, 0.2) is 0 Å². The molecule has 1 fully saturated rings. The molecular formula is C12H24N2O3S. The van der Waals surface area contributed by atoms with Crippen LogP contribution in [-0.4, -0.2) is 68.5 Å². The molecule has 1 amide bonds. The average molecular weight is 276 g/mol. The lowest BCUT2D eigenvalue weighted by Crippen LogP contribution is -2.51. The topological polar surface area (TPSA) is 50.8 Å². The number of thioether (sulfide) groups is 1. The summed E-state index contributed by atoms with van der Waals surface area (Å²) >= 11 is 1.76. The van der Waals surface area contributed by atoms with Crippen LogP contribution in [0.5, 0.6) is 0 Å². The van der Waals surface area contributed by atoms with E-state index in [9.17, 15) is 4.79 Å². The zero-order valence-electron chi connectivity index (χ0n) is 11.3. The van der Waals surface area contributed by atoms with Gasteiger partial charge in [0.15, 0.2) is 0 Å². The molecule has 0 aromatic rings. The van der Waals surface area contributed by atoms with Crippen LogP contribution in [0.1, 0.15) is 13.3 Å². The Kier molecular flexibility index (Phi) is 8.41. The van der Waals surface area contributed by atoms with E-state index in [1.165, 1.54) is 0 Å². The van der Waals surface area contributed by atoms with Gasteiger partial charge in [-0.2, -0.15) is 11.8 Å². The first kappa shape index (κ1) is 15.8. The van der Waals surface area contributed by atoms with Gasteiger partial charge in [-0.15, -0.1) is 0 Å². The summed E-state index contributed by atoms with van der Waals surface area (Å²) in [5.41, 5.74) is 0. The molecule has 1 heterocycles. The lowest BCUT2D eigenvalue weighted by atomic mass is 10.2. The monoisotopic (exact) mass is 276 g/mol. The van der Waals surface area contributed by atoms with Crippen LogP contribution in [-0.2, 0) is 14.3 Å². The van der Waals surface area contributed by atoms with Crippen LogP contribution in [0.3, 0.4) is 0 Å². The average Bonchev–Trinajstić information content (AvgIpc) is 2.43. The molecule has 1 rings (SSSR count). The molecule has 0 aliphatic carbocycles. The van der Waals surface area contributed by atoms with Gasteiger partial charge in [-0.05, 0) is 25.4 Å². The van der Waals surface area contributed by atoms with Crippen LogP contribution in [0.25, 0.3) is 0 Å². The maximum absolute atomic E-state index is 12.3. The standard InChI is InChI=1S/C12H24N2O3S/c1-3-16-10-13-11(4-9-18-2)12(15)14-5-7-17-8-6-14/h11,13H,3-10H2,1-2H3. The van der Waals surface area contributed by atoms with Crippen molar-refractivity contribution in [2.24, 2.45) is 0 Å². The SMILES string of the molecule is CCOCNC(CCSC)C(=O)N1CCOCC1. The van der Waals surface area contributed by atoms with Crippen molar-refractivity contribution in [1.29, 1.82) is 0 Å². The van der Waals surface area contributed by atoms with Crippen molar-refractivity contribution in [2.75, 3.05) is 51.6 Å². The quantitative estimate of drug-likeness (QED) is 0.518. The van der Waals surface area contributed by atoms with Crippen molar-refractivity contribution < 1.29 is 14.3 Å². The number of nitrogens with zero attached hydrogens (tertiary/aromatic N) is 1. The first-order valence-electron chi connectivity index (χ1n) is 6.46. The van der Waals surface area contributed by atoms with Gasteiger partial charge in [0.25, 0.3) is 0 Å². The minimum Gasteiger partial charge on any atom is -0.378 e. The predicted octanol–water partition coefficient (Wildman–Crippen LogP) is 0.551. The van der Waals surface area contributed by atoms with Gasteiger partial charge in [-0.1, -0.05) is 0 Å². The summed E-state index contributed by atoms with van der Waals surface area (Å²) in [5, 5.41) is 3.18. The summed E-state index contributed by atoms with van der Waals surface area (Å²) in [7, 11) is 0. The Morgan fingerprint density at radius 3 is 2.83 bits per heavy atom. The van der Waals surface area contributed by atoms with E-state index in [1.54, 1.807) is 11.8 Å². The highest BCUT2D eigenvalue weighted by Crippen LogP contribution is 2.07. The molecule has 1 atom stereocenters. The molecule has 1 saturated heterocycles. The second kappa shape index (κ2) is 9.61. The van der Waals surface area contributed by atoms with Gasteiger partial charge in [0.1, 0.15) is 0 Å². The molecular weight excluding hydrogens is 252 g/mol. The minimum absolute atomic E-state index is 0.137. The minimum atomic E-state index is -0.137. The second-order valence-electron chi connectivity index (χ2n) is 4.11. The van der Waals surface area contributed by atoms with Crippen LogP contribution < -0.4 is 5.32 Å². The van der Waals surface area contributed by atoms with Gasteiger partial charge in [-0.3, -0.25) is 10.1 Å². The number of carbonyl (C=O) groups excluding carboxylic acids is 1. The van der Waals surface area contributed by atoms with E-state index in [-0.39, 0.29) is 11.9 Å². The van der Waals surface area contributed by atoms with Crippen LogP contribution in [0.4, 0.5) is 0 Å². The van der Waals surface area contributed by atoms with E-state index >= 15 is 0 Å². The molecule has 5 nitrogen and oxygen atoms in total. The molecule has 1 unspecified atom stereocenters. The highest BCUT2D eigenvalue weighted by Gasteiger charge is 2.24. The number of hydrogen-bond acceptors (Lipinski definition) is 5. The number of carbonyl (C=O) groups is 1. The van der Waals surface area contributed by atoms with E-state index in [1.807, 2.05) is 11.8 Å². The van der Waals surface area contributed by atoms with Gasteiger partial charge in [0.2, 0.25) is 5.91 Å². The molecule has 0 bridgehead atoms. The summed E-state index contributed by atoms with van der Waals surface area (Å²) in [4.78, 5) is 14.2. The molecule has 0 radical (unpaired) electrons. The molecule has 1 aliphatic rings. The van der Waals surface area contributed by atoms with Gasteiger partial charge in [0.05, 0.1) is 26.0 Å². The summed E-state index contributed by atoms with van der Waals surface area (Å²) in [5.74, 6) is 1.15. The van der Waals surface area contributed by atoms with Gasteiger partial charge >= 0.3 is 0 Å². The fourth-order valence-corrected chi connectivity index (χ4v) is 2.29. The molecule has 18 heavy (non-hydrogen) atoms. The number of ether oxygens (including phenoxy) is 2. The fourth-order valence-electron chi connectivity index (χ4n) is 1.81. The molecule has 6 heteroatoms. The molecule has 0 saturated carbocycles.